The van der Waals surface area contributed by atoms with Gasteiger partial charge in [0.15, 0.2) is 0 Å². The van der Waals surface area contributed by atoms with Crippen LogP contribution in [0.25, 0.3) is 10.2 Å². The maximum atomic E-state index is 12.8. The summed E-state index contributed by atoms with van der Waals surface area (Å²) in [6.45, 7) is 0. The second kappa shape index (κ2) is 6.43. The van der Waals surface area contributed by atoms with Gasteiger partial charge in [0.25, 0.3) is 5.91 Å². The van der Waals surface area contributed by atoms with Gasteiger partial charge >= 0.3 is 5.97 Å². The molecule has 2 aromatic heterocycles. The number of halogens is 3. The smallest absolute Gasteiger partial charge is 0.348 e. The maximum absolute atomic E-state index is 12.8. The highest BCUT2D eigenvalue weighted by molar-refractivity contribution is 14.1. The van der Waals surface area contributed by atoms with E-state index in [4.69, 9.17) is 27.9 Å². The molecule has 0 unspecified atom stereocenters. The number of ether oxygens (including phenoxy) is 1. The lowest BCUT2D eigenvalue weighted by Gasteiger charge is -2.07. The molecule has 0 fully saturated rings. The molecular formula is C15H8Cl2INO3S. The molecule has 4 nitrogen and oxygen atoms in total. The standard InChI is InChI=1S/C15H8Cl2INO3S/c1-22-15(21)11-5-10-13(23-11)9(18)6-19(10)14(20)12-7(16)3-2-4-8(12)17/h2-6H,1H3. The van der Waals surface area contributed by atoms with E-state index in [0.29, 0.717) is 10.4 Å². The topological polar surface area (TPSA) is 48.3 Å². The first kappa shape index (κ1) is 16.8. The van der Waals surface area contributed by atoms with Crippen LogP contribution in [-0.4, -0.2) is 23.6 Å². The Labute approximate surface area is 159 Å². The van der Waals surface area contributed by atoms with Crippen LogP contribution in [0.1, 0.15) is 20.0 Å². The van der Waals surface area contributed by atoms with Crippen LogP contribution in [0, 0.1) is 3.57 Å². The quantitative estimate of drug-likeness (QED) is 0.380. The fourth-order valence-corrected chi connectivity index (χ4v) is 4.58. The van der Waals surface area contributed by atoms with Crippen molar-refractivity contribution in [1.82, 2.24) is 4.57 Å². The zero-order valence-electron chi connectivity index (χ0n) is 11.6. The number of benzene rings is 1. The van der Waals surface area contributed by atoms with Crippen molar-refractivity contribution in [2.24, 2.45) is 0 Å². The Morgan fingerprint density at radius 3 is 2.52 bits per heavy atom. The first-order valence-electron chi connectivity index (χ1n) is 6.31. The summed E-state index contributed by atoms with van der Waals surface area (Å²) in [7, 11) is 1.32. The van der Waals surface area contributed by atoms with Crippen molar-refractivity contribution < 1.29 is 14.3 Å². The molecule has 8 heteroatoms. The van der Waals surface area contributed by atoms with Crippen molar-refractivity contribution in [3.63, 3.8) is 0 Å². The van der Waals surface area contributed by atoms with Gasteiger partial charge in [-0.2, -0.15) is 0 Å². The van der Waals surface area contributed by atoms with Crippen molar-refractivity contribution in [1.29, 1.82) is 0 Å². The summed E-state index contributed by atoms with van der Waals surface area (Å²) in [6.07, 6.45) is 1.70. The van der Waals surface area contributed by atoms with E-state index >= 15 is 0 Å². The van der Waals surface area contributed by atoms with Gasteiger partial charge in [0.05, 0.1) is 32.9 Å². The van der Waals surface area contributed by atoms with E-state index in [1.165, 1.54) is 23.0 Å². The summed E-state index contributed by atoms with van der Waals surface area (Å²) >= 11 is 15.6. The Bertz CT molecular complexity index is 927. The Hall–Kier alpha value is -1.09. The van der Waals surface area contributed by atoms with E-state index in [2.05, 4.69) is 22.6 Å². The molecule has 0 saturated carbocycles. The predicted octanol–water partition coefficient (Wildman–Crippen LogP) is 5.09. The number of thiophene rings is 1. The number of aromatic nitrogens is 1. The predicted molar refractivity (Wildman–Crippen MR) is 100 cm³/mol. The number of fused-ring (bicyclic) bond motifs is 1. The third kappa shape index (κ3) is 2.88. The Balaban J connectivity index is 2.18. The first-order chi connectivity index (χ1) is 10.9. The molecule has 0 aliphatic carbocycles. The molecule has 23 heavy (non-hydrogen) atoms. The lowest BCUT2D eigenvalue weighted by atomic mass is 10.2. The van der Waals surface area contributed by atoms with Gasteiger partial charge in [-0.3, -0.25) is 9.36 Å². The van der Waals surface area contributed by atoms with Crippen LogP contribution in [-0.2, 0) is 4.74 Å². The first-order valence-corrected chi connectivity index (χ1v) is 8.96. The van der Waals surface area contributed by atoms with Crippen molar-refractivity contribution >= 4 is 79.2 Å². The van der Waals surface area contributed by atoms with Crippen LogP contribution >= 0.6 is 57.1 Å². The van der Waals surface area contributed by atoms with E-state index in [1.807, 2.05) is 0 Å². The monoisotopic (exact) mass is 479 g/mol. The van der Waals surface area contributed by atoms with Crippen LogP contribution < -0.4 is 0 Å². The number of hydrogen-bond acceptors (Lipinski definition) is 4. The van der Waals surface area contributed by atoms with Crippen molar-refractivity contribution in [2.75, 3.05) is 7.11 Å². The number of esters is 1. The highest BCUT2D eigenvalue weighted by atomic mass is 127. The lowest BCUT2D eigenvalue weighted by molar-refractivity contribution is 0.0606. The average molecular weight is 480 g/mol. The molecule has 0 aliphatic rings. The molecule has 0 N–H and O–H groups in total. The summed E-state index contributed by atoms with van der Waals surface area (Å²) in [5, 5.41) is 0.561. The molecule has 3 rings (SSSR count). The summed E-state index contributed by atoms with van der Waals surface area (Å²) in [6, 6.07) is 6.53. The minimum absolute atomic E-state index is 0.231. The van der Waals surface area contributed by atoms with Crippen LogP contribution in [0.4, 0.5) is 0 Å². The summed E-state index contributed by atoms with van der Waals surface area (Å²) in [5.74, 6) is -0.778. The van der Waals surface area contributed by atoms with Crippen LogP contribution in [0.5, 0.6) is 0 Å². The summed E-state index contributed by atoms with van der Waals surface area (Å²) < 4.78 is 7.87. The summed E-state index contributed by atoms with van der Waals surface area (Å²) in [4.78, 5) is 25.0. The van der Waals surface area contributed by atoms with E-state index in [0.717, 1.165) is 8.27 Å². The van der Waals surface area contributed by atoms with Gasteiger partial charge < -0.3 is 4.74 Å². The van der Waals surface area contributed by atoms with Gasteiger partial charge in [-0.1, -0.05) is 29.3 Å². The van der Waals surface area contributed by atoms with Gasteiger partial charge in [0, 0.05) is 9.77 Å². The van der Waals surface area contributed by atoms with Crippen molar-refractivity contribution in [2.45, 2.75) is 0 Å². The molecule has 0 spiro atoms. The van der Waals surface area contributed by atoms with Gasteiger partial charge in [-0.15, -0.1) is 11.3 Å². The van der Waals surface area contributed by atoms with Crippen LogP contribution in [0.3, 0.4) is 0 Å². The number of carbonyl (C=O) groups is 2. The fraction of sp³-hybridized carbons (Fsp3) is 0.0667. The Morgan fingerprint density at radius 2 is 1.91 bits per heavy atom. The molecule has 0 amide bonds. The molecule has 0 bridgehead atoms. The van der Waals surface area contributed by atoms with Gasteiger partial charge in [-0.25, -0.2) is 4.79 Å². The largest absolute Gasteiger partial charge is 0.465 e. The highest BCUT2D eigenvalue weighted by Gasteiger charge is 2.22. The lowest BCUT2D eigenvalue weighted by Crippen LogP contribution is -2.12. The van der Waals surface area contributed by atoms with Crippen LogP contribution in [0.2, 0.25) is 10.0 Å². The Morgan fingerprint density at radius 1 is 1.26 bits per heavy atom. The van der Waals surface area contributed by atoms with E-state index in [1.54, 1.807) is 30.5 Å². The SMILES string of the molecule is COC(=O)c1cc2c(s1)c(I)cn2C(=O)c1c(Cl)cccc1Cl. The van der Waals surface area contributed by atoms with E-state index in [-0.39, 0.29) is 21.5 Å². The molecule has 0 saturated heterocycles. The molecule has 2 heterocycles. The number of rotatable bonds is 2. The third-order valence-corrected chi connectivity index (χ3v) is 6.16. The van der Waals surface area contributed by atoms with Gasteiger partial charge in [0.2, 0.25) is 0 Å². The molecule has 0 atom stereocenters. The second-order valence-electron chi connectivity index (χ2n) is 4.57. The van der Waals surface area contributed by atoms with Crippen molar-refractivity contribution in [3.05, 3.63) is 54.5 Å². The highest BCUT2D eigenvalue weighted by Crippen LogP contribution is 2.34. The minimum Gasteiger partial charge on any atom is -0.465 e. The third-order valence-electron chi connectivity index (χ3n) is 3.21. The fourth-order valence-electron chi connectivity index (χ4n) is 2.16. The molecule has 0 radical (unpaired) electrons. The number of methoxy groups -OCH3 is 1. The maximum Gasteiger partial charge on any atom is 0.348 e. The second-order valence-corrected chi connectivity index (χ2v) is 7.59. The number of nitrogens with zero attached hydrogens (tertiary/aromatic N) is 1. The van der Waals surface area contributed by atoms with E-state index in [9.17, 15) is 9.59 Å². The normalized spacial score (nSPS) is 11.0. The number of carbonyl (C=O) groups excluding carboxylic acids is 2. The average Bonchev–Trinajstić information content (AvgIpc) is 3.07. The zero-order valence-corrected chi connectivity index (χ0v) is 16.1. The van der Waals surface area contributed by atoms with Crippen molar-refractivity contribution in [3.8, 4) is 0 Å². The molecule has 3 aromatic rings. The number of hydrogen-bond donors (Lipinski definition) is 0. The van der Waals surface area contributed by atoms with E-state index < -0.39 is 5.97 Å². The van der Waals surface area contributed by atoms with Gasteiger partial charge in [-0.05, 0) is 40.8 Å². The zero-order chi connectivity index (χ0) is 16.7. The van der Waals surface area contributed by atoms with Gasteiger partial charge in [0.1, 0.15) is 4.88 Å². The molecule has 0 aliphatic heterocycles. The van der Waals surface area contributed by atoms with Crippen LogP contribution in [0.15, 0.2) is 30.5 Å². The molecule has 118 valence electrons. The summed E-state index contributed by atoms with van der Waals surface area (Å²) in [5.41, 5.74) is 0.857. The molecular weight excluding hydrogens is 472 g/mol. The minimum atomic E-state index is -0.434. The Kier molecular flexibility index (Phi) is 4.68. The molecule has 1 aromatic carbocycles.